The SMILES string of the molecule is CC(=O)ONc1ccc(C=CC(C=Cc2ccc(NOC(C)=O)cc2)=C(C=Cc2ccc(NOC(C)=O)cc2)C=Cc2ccc(NOC(C)=O)cc2)cc1. The van der Waals surface area contributed by atoms with Gasteiger partial charge in [-0.05, 0) is 81.9 Å². The Bertz CT molecular complexity index is 1750. The van der Waals surface area contributed by atoms with Crippen LogP contribution in [0, 0.1) is 0 Å². The molecule has 4 rings (SSSR count). The summed E-state index contributed by atoms with van der Waals surface area (Å²) in [5.41, 5.74) is 18.2. The van der Waals surface area contributed by atoms with Gasteiger partial charge in [-0.3, -0.25) is 19.2 Å². The van der Waals surface area contributed by atoms with Crippen LogP contribution in [0.3, 0.4) is 0 Å². The van der Waals surface area contributed by atoms with E-state index in [9.17, 15) is 19.2 Å². The van der Waals surface area contributed by atoms with Crippen LogP contribution >= 0.6 is 0 Å². The van der Waals surface area contributed by atoms with Crippen LogP contribution < -0.4 is 21.9 Å². The van der Waals surface area contributed by atoms with Crippen LogP contribution in [0.4, 0.5) is 22.7 Å². The Kier molecular flexibility index (Phi) is 15.0. The maximum Gasteiger partial charge on any atom is 0.329 e. The van der Waals surface area contributed by atoms with Crippen LogP contribution in [0.15, 0.2) is 133 Å². The normalized spacial score (nSPS) is 11.0. The summed E-state index contributed by atoms with van der Waals surface area (Å²) in [7, 11) is 0. The number of rotatable bonds is 16. The molecule has 0 fully saturated rings. The molecule has 54 heavy (non-hydrogen) atoms. The van der Waals surface area contributed by atoms with Gasteiger partial charge in [0, 0.05) is 27.7 Å². The largest absolute Gasteiger partial charge is 0.344 e. The molecule has 0 atom stereocenters. The Labute approximate surface area is 313 Å². The van der Waals surface area contributed by atoms with E-state index in [0.717, 1.165) is 33.4 Å². The van der Waals surface area contributed by atoms with Crippen LogP contribution in [-0.4, -0.2) is 23.9 Å². The van der Waals surface area contributed by atoms with E-state index in [1.165, 1.54) is 27.7 Å². The fourth-order valence-electron chi connectivity index (χ4n) is 4.41. The van der Waals surface area contributed by atoms with Crippen molar-refractivity contribution < 1.29 is 38.5 Å². The molecule has 4 N–H and O–H groups in total. The van der Waals surface area contributed by atoms with E-state index in [1.54, 1.807) is 48.5 Å². The van der Waals surface area contributed by atoms with Gasteiger partial charge in [0.1, 0.15) is 0 Å². The topological polar surface area (TPSA) is 153 Å². The van der Waals surface area contributed by atoms with Gasteiger partial charge in [0.2, 0.25) is 0 Å². The van der Waals surface area contributed by atoms with E-state index in [1.807, 2.05) is 97.1 Å². The van der Waals surface area contributed by atoms with Crippen LogP contribution in [-0.2, 0) is 38.5 Å². The minimum atomic E-state index is -0.450. The molecule has 0 aliphatic carbocycles. The second kappa shape index (κ2) is 20.5. The van der Waals surface area contributed by atoms with Gasteiger partial charge in [-0.25, -0.2) is 21.9 Å². The molecule has 0 saturated carbocycles. The van der Waals surface area contributed by atoms with Gasteiger partial charge in [0.05, 0.1) is 22.7 Å². The number of nitrogens with one attached hydrogen (secondary N) is 4. The molecule has 0 heterocycles. The summed E-state index contributed by atoms with van der Waals surface area (Å²) >= 11 is 0. The second-order valence-electron chi connectivity index (χ2n) is 11.5. The molecule has 0 amide bonds. The first-order valence-corrected chi connectivity index (χ1v) is 16.6. The predicted octanol–water partition coefficient (Wildman–Crippen LogP) is 8.70. The van der Waals surface area contributed by atoms with Crippen molar-refractivity contribution in [2.75, 3.05) is 21.9 Å². The maximum atomic E-state index is 11.2. The van der Waals surface area contributed by atoms with Crippen LogP contribution in [0.2, 0.25) is 0 Å². The first kappa shape index (κ1) is 39.4. The molecular formula is C42H40N4O8. The zero-order chi connectivity index (χ0) is 38.7. The molecule has 4 aromatic carbocycles. The van der Waals surface area contributed by atoms with Gasteiger partial charge >= 0.3 is 23.9 Å². The molecule has 0 unspecified atom stereocenters. The van der Waals surface area contributed by atoms with Crippen molar-refractivity contribution in [3.05, 3.63) is 155 Å². The quantitative estimate of drug-likeness (QED) is 0.0496. The fourth-order valence-corrected chi connectivity index (χ4v) is 4.41. The first-order valence-electron chi connectivity index (χ1n) is 16.6. The molecule has 0 saturated heterocycles. The van der Waals surface area contributed by atoms with Crippen LogP contribution in [0.1, 0.15) is 49.9 Å². The van der Waals surface area contributed by atoms with Gasteiger partial charge in [0.25, 0.3) is 0 Å². The molecular weight excluding hydrogens is 688 g/mol. The van der Waals surface area contributed by atoms with E-state index in [-0.39, 0.29) is 0 Å². The summed E-state index contributed by atoms with van der Waals surface area (Å²) in [6, 6.07) is 29.5. The third-order valence-corrected chi connectivity index (χ3v) is 7.05. The Morgan fingerprint density at radius 1 is 0.352 bits per heavy atom. The Morgan fingerprint density at radius 3 is 0.704 bits per heavy atom. The molecule has 0 aliphatic rings. The highest BCUT2D eigenvalue weighted by Crippen LogP contribution is 2.22. The van der Waals surface area contributed by atoms with Crippen molar-refractivity contribution in [1.82, 2.24) is 0 Å². The van der Waals surface area contributed by atoms with Crippen molar-refractivity contribution in [3.63, 3.8) is 0 Å². The van der Waals surface area contributed by atoms with Crippen LogP contribution in [0.5, 0.6) is 0 Å². The van der Waals surface area contributed by atoms with E-state index in [4.69, 9.17) is 19.4 Å². The second-order valence-corrected chi connectivity index (χ2v) is 11.5. The number of hydrogen-bond donors (Lipinski definition) is 4. The lowest BCUT2D eigenvalue weighted by atomic mass is 10.0. The van der Waals surface area contributed by atoms with Crippen molar-refractivity contribution in [1.29, 1.82) is 0 Å². The Morgan fingerprint density at radius 2 is 0.537 bits per heavy atom. The lowest BCUT2D eigenvalue weighted by Gasteiger charge is -2.07. The summed E-state index contributed by atoms with van der Waals surface area (Å²) in [4.78, 5) is 64.3. The van der Waals surface area contributed by atoms with Crippen molar-refractivity contribution in [3.8, 4) is 0 Å². The summed E-state index contributed by atoms with van der Waals surface area (Å²) in [6.45, 7) is 5.26. The summed E-state index contributed by atoms with van der Waals surface area (Å²) in [5.74, 6) is -1.80. The number of benzene rings is 4. The highest BCUT2D eigenvalue weighted by atomic mass is 16.7. The van der Waals surface area contributed by atoms with E-state index in [0.29, 0.717) is 22.7 Å². The average molecular weight is 729 g/mol. The zero-order valence-electron chi connectivity index (χ0n) is 30.1. The monoisotopic (exact) mass is 728 g/mol. The van der Waals surface area contributed by atoms with Gasteiger partial charge < -0.3 is 19.4 Å². The third kappa shape index (κ3) is 14.5. The maximum absolute atomic E-state index is 11.2. The van der Waals surface area contributed by atoms with E-state index in [2.05, 4.69) is 21.9 Å². The first-order chi connectivity index (χ1) is 26.0. The summed E-state index contributed by atoms with van der Waals surface area (Å²) in [6.07, 6.45) is 15.8. The average Bonchev–Trinajstić information content (AvgIpc) is 3.16. The van der Waals surface area contributed by atoms with E-state index >= 15 is 0 Å². The predicted molar refractivity (Wildman–Crippen MR) is 210 cm³/mol. The molecule has 12 heteroatoms. The Balaban J connectivity index is 1.73. The lowest BCUT2D eigenvalue weighted by Crippen LogP contribution is -2.05. The van der Waals surface area contributed by atoms with E-state index < -0.39 is 23.9 Å². The molecule has 0 radical (unpaired) electrons. The molecule has 0 spiro atoms. The molecule has 0 bridgehead atoms. The minimum Gasteiger partial charge on any atom is -0.344 e. The molecule has 12 nitrogen and oxygen atoms in total. The van der Waals surface area contributed by atoms with Crippen molar-refractivity contribution in [2.45, 2.75) is 27.7 Å². The molecule has 4 aromatic rings. The fraction of sp³-hybridized carbons (Fsp3) is 0.0952. The smallest absolute Gasteiger partial charge is 0.329 e. The number of carbonyl (C=O) groups is 4. The molecule has 0 aliphatic heterocycles. The van der Waals surface area contributed by atoms with Crippen molar-refractivity contribution in [2.24, 2.45) is 0 Å². The highest BCUT2D eigenvalue weighted by molar-refractivity contribution is 5.72. The number of hydrogen-bond acceptors (Lipinski definition) is 12. The lowest BCUT2D eigenvalue weighted by molar-refractivity contribution is -0.138. The van der Waals surface area contributed by atoms with Gasteiger partial charge in [-0.1, -0.05) is 97.1 Å². The minimum absolute atomic E-state index is 0.450. The van der Waals surface area contributed by atoms with Gasteiger partial charge in [-0.15, -0.1) is 0 Å². The summed E-state index contributed by atoms with van der Waals surface area (Å²) < 4.78 is 0. The number of allylic oxidation sites excluding steroid dienone is 6. The van der Waals surface area contributed by atoms with Crippen LogP contribution in [0.25, 0.3) is 24.3 Å². The third-order valence-electron chi connectivity index (χ3n) is 7.05. The molecule has 276 valence electrons. The number of anilines is 4. The zero-order valence-corrected chi connectivity index (χ0v) is 30.1. The summed E-state index contributed by atoms with van der Waals surface area (Å²) in [5, 5.41) is 0. The highest BCUT2D eigenvalue weighted by Gasteiger charge is 2.02. The molecule has 0 aromatic heterocycles. The van der Waals surface area contributed by atoms with Gasteiger partial charge in [0.15, 0.2) is 0 Å². The number of carbonyl (C=O) groups excluding carboxylic acids is 4. The standard InChI is InChI=1S/C42H40N4O8/c1-29(47)51-43-39-21-9-33(10-22-39)5-17-37(18-6-34-11-23-40(24-12-34)44-52-30(2)48)38(19-7-35-13-25-41(26-14-35)45-53-31(3)49)20-8-36-15-27-42(28-16-36)46-54-32(4)50/h5-28,43-46H,1-4H3. The Hall–Kier alpha value is -7.34. The van der Waals surface area contributed by atoms with Gasteiger partial charge in [-0.2, -0.15) is 0 Å². The van der Waals surface area contributed by atoms with Crippen molar-refractivity contribution >= 4 is 70.9 Å².